The number of hydrogen-bond donors (Lipinski definition) is 2. The number of aliphatic hydroxyl groups is 1. The fourth-order valence-corrected chi connectivity index (χ4v) is 5.79. The number of imidazole rings is 1. The molecule has 2 fully saturated rings. The molecule has 5 rings (SSSR count). The third-order valence-corrected chi connectivity index (χ3v) is 7.77. The van der Waals surface area contributed by atoms with E-state index >= 15 is 0 Å². The summed E-state index contributed by atoms with van der Waals surface area (Å²) in [5.41, 5.74) is 1.04. The number of piperidine rings is 1. The predicted molar refractivity (Wildman–Crippen MR) is 113 cm³/mol. The van der Waals surface area contributed by atoms with Gasteiger partial charge in [0.1, 0.15) is 11.9 Å². The molecule has 0 amide bonds. The van der Waals surface area contributed by atoms with Gasteiger partial charge in [0.2, 0.25) is 0 Å². The van der Waals surface area contributed by atoms with Crippen LogP contribution in [0.1, 0.15) is 33.1 Å². The highest BCUT2D eigenvalue weighted by atomic mass is 32.1. The van der Waals surface area contributed by atoms with E-state index in [1.807, 2.05) is 22.9 Å². The minimum Gasteiger partial charge on any atom is -0.507 e. The number of benzene rings is 1. The van der Waals surface area contributed by atoms with E-state index in [1.54, 1.807) is 18.6 Å². The van der Waals surface area contributed by atoms with Crippen molar-refractivity contribution < 1.29 is 14.9 Å². The zero-order chi connectivity index (χ0) is 21.1. The number of likely N-dealkylation sites (N-methyl/N-ethyl adjacent to an activating group) is 1. The topological polar surface area (TPSA) is 96.5 Å². The quantitative estimate of drug-likeness (QED) is 0.661. The standard InChI is InChI=1S/C21H25N5O3S/c1-20-9-14(10-21(2,25(20)3)17(28)11-20)29-19-24-23-18(30-19)15-5-4-13(8-16(15)27)26-7-6-22-12-26/h4-8,12,14,17,27-28H,9-11H2,1-3H3/t14-,17+,20+,21-/m0/s1. The van der Waals surface area contributed by atoms with Gasteiger partial charge in [0, 0.05) is 42.4 Å². The number of rotatable bonds is 4. The van der Waals surface area contributed by atoms with Crippen molar-refractivity contribution in [2.75, 3.05) is 7.05 Å². The highest BCUT2D eigenvalue weighted by Crippen LogP contribution is 2.50. The Labute approximate surface area is 178 Å². The average Bonchev–Trinajstić information content (AvgIpc) is 3.39. The largest absolute Gasteiger partial charge is 0.507 e. The molecule has 4 atom stereocenters. The molecular formula is C21H25N5O3S. The summed E-state index contributed by atoms with van der Waals surface area (Å²) in [6.07, 6.45) is 7.10. The van der Waals surface area contributed by atoms with E-state index in [2.05, 4.69) is 41.0 Å². The molecule has 2 N–H and O–H groups in total. The zero-order valence-electron chi connectivity index (χ0n) is 17.2. The summed E-state index contributed by atoms with van der Waals surface area (Å²) in [5.74, 6) is 0.129. The Morgan fingerprint density at radius 2 is 2.03 bits per heavy atom. The Bertz CT molecular complexity index is 1070. The number of aromatic hydroxyl groups is 1. The molecular weight excluding hydrogens is 402 g/mol. The monoisotopic (exact) mass is 427 g/mol. The van der Waals surface area contributed by atoms with Gasteiger partial charge >= 0.3 is 0 Å². The molecule has 2 aromatic heterocycles. The molecule has 2 aliphatic heterocycles. The Balaban J connectivity index is 1.34. The highest BCUT2D eigenvalue weighted by Gasteiger charge is 2.59. The molecule has 0 unspecified atom stereocenters. The summed E-state index contributed by atoms with van der Waals surface area (Å²) in [6.45, 7) is 4.28. The second-order valence-corrected chi connectivity index (χ2v) is 9.77. The van der Waals surface area contributed by atoms with Crippen LogP contribution in [0.4, 0.5) is 0 Å². The predicted octanol–water partition coefficient (Wildman–Crippen LogP) is 2.85. The number of aliphatic hydroxyl groups excluding tert-OH is 1. The van der Waals surface area contributed by atoms with E-state index in [-0.39, 0.29) is 29.0 Å². The van der Waals surface area contributed by atoms with E-state index < -0.39 is 0 Å². The Morgan fingerprint density at radius 3 is 2.73 bits per heavy atom. The summed E-state index contributed by atoms with van der Waals surface area (Å²) in [7, 11) is 2.09. The molecule has 3 aromatic rings. The minimum absolute atomic E-state index is 0.0358. The molecule has 0 saturated carbocycles. The summed E-state index contributed by atoms with van der Waals surface area (Å²) in [5, 5.41) is 30.6. The molecule has 2 saturated heterocycles. The molecule has 0 radical (unpaired) electrons. The Kier molecular flexibility index (Phi) is 4.39. The fourth-order valence-electron chi connectivity index (χ4n) is 5.00. The lowest BCUT2D eigenvalue weighted by Crippen LogP contribution is -2.58. The van der Waals surface area contributed by atoms with Gasteiger partial charge in [-0.25, -0.2) is 4.98 Å². The van der Waals surface area contributed by atoms with Gasteiger partial charge in [-0.15, -0.1) is 5.10 Å². The lowest BCUT2D eigenvalue weighted by atomic mass is 9.84. The van der Waals surface area contributed by atoms with Crippen LogP contribution in [0.15, 0.2) is 36.9 Å². The zero-order valence-corrected chi connectivity index (χ0v) is 18.0. The lowest BCUT2D eigenvalue weighted by molar-refractivity contribution is -0.0486. The van der Waals surface area contributed by atoms with E-state index in [0.717, 1.165) is 24.9 Å². The smallest absolute Gasteiger partial charge is 0.294 e. The van der Waals surface area contributed by atoms with Crippen molar-refractivity contribution in [3.05, 3.63) is 36.9 Å². The van der Waals surface area contributed by atoms with Crippen LogP contribution in [0, 0.1) is 0 Å². The molecule has 8 nitrogen and oxygen atoms in total. The van der Waals surface area contributed by atoms with Gasteiger partial charge in [0.25, 0.3) is 5.19 Å². The first-order valence-electron chi connectivity index (χ1n) is 10.0. The van der Waals surface area contributed by atoms with Gasteiger partial charge in [-0.05, 0) is 39.4 Å². The van der Waals surface area contributed by atoms with Crippen LogP contribution in [0.3, 0.4) is 0 Å². The molecule has 4 heterocycles. The Morgan fingerprint density at radius 1 is 1.20 bits per heavy atom. The van der Waals surface area contributed by atoms with Gasteiger partial charge < -0.3 is 19.5 Å². The van der Waals surface area contributed by atoms with Gasteiger partial charge in [-0.1, -0.05) is 16.4 Å². The third-order valence-electron chi connectivity index (χ3n) is 6.92. The second kappa shape index (κ2) is 6.76. The van der Waals surface area contributed by atoms with Crippen LogP contribution in [-0.4, -0.2) is 65.2 Å². The van der Waals surface area contributed by atoms with Crippen LogP contribution in [0.25, 0.3) is 16.3 Å². The lowest BCUT2D eigenvalue weighted by Gasteiger charge is -2.48. The maximum Gasteiger partial charge on any atom is 0.294 e. The van der Waals surface area contributed by atoms with Gasteiger partial charge in [0.05, 0.1) is 23.7 Å². The Hall–Kier alpha value is -2.49. The average molecular weight is 428 g/mol. The van der Waals surface area contributed by atoms with Gasteiger partial charge in [-0.3, -0.25) is 4.90 Å². The van der Waals surface area contributed by atoms with Gasteiger partial charge in [0.15, 0.2) is 5.01 Å². The summed E-state index contributed by atoms with van der Waals surface area (Å²) >= 11 is 1.32. The van der Waals surface area contributed by atoms with E-state index in [9.17, 15) is 10.2 Å². The van der Waals surface area contributed by atoms with Crippen LogP contribution in [0.5, 0.6) is 10.9 Å². The van der Waals surface area contributed by atoms with Crippen LogP contribution < -0.4 is 4.74 Å². The normalized spacial score (nSPS) is 31.2. The van der Waals surface area contributed by atoms with Crippen LogP contribution in [-0.2, 0) is 0 Å². The van der Waals surface area contributed by atoms with Crippen LogP contribution >= 0.6 is 11.3 Å². The maximum atomic E-state index is 10.6. The second-order valence-electron chi connectivity index (χ2n) is 8.83. The summed E-state index contributed by atoms with van der Waals surface area (Å²) in [4.78, 5) is 6.33. The summed E-state index contributed by atoms with van der Waals surface area (Å²) in [6, 6.07) is 5.40. The highest BCUT2D eigenvalue weighted by molar-refractivity contribution is 7.16. The number of nitrogens with zero attached hydrogens (tertiary/aromatic N) is 5. The number of aromatic nitrogens is 4. The molecule has 158 valence electrons. The fraction of sp³-hybridized carbons (Fsp3) is 0.476. The SMILES string of the molecule is CN1[C@]2(C)C[C@H](Oc3nnc(-c4ccc(-n5ccnc5)cc4O)s3)C[C@@]1(C)[C@H](O)C2. The number of phenolic OH excluding ortho intramolecular Hbond substituents is 1. The third kappa shape index (κ3) is 3.00. The van der Waals surface area contributed by atoms with Crippen molar-refractivity contribution in [3.8, 4) is 27.2 Å². The van der Waals surface area contributed by atoms with Crippen molar-refractivity contribution in [3.63, 3.8) is 0 Å². The van der Waals surface area contributed by atoms with Crippen LogP contribution in [0.2, 0.25) is 0 Å². The van der Waals surface area contributed by atoms with E-state index in [1.165, 1.54) is 11.3 Å². The van der Waals surface area contributed by atoms with E-state index in [0.29, 0.717) is 15.8 Å². The molecule has 2 bridgehead atoms. The molecule has 0 aliphatic carbocycles. The minimum atomic E-state index is -0.364. The first kappa shape index (κ1) is 19.5. The van der Waals surface area contributed by atoms with Crippen molar-refractivity contribution in [1.82, 2.24) is 24.6 Å². The van der Waals surface area contributed by atoms with Gasteiger partial charge in [-0.2, -0.15) is 0 Å². The first-order valence-corrected chi connectivity index (χ1v) is 10.8. The number of phenols is 1. The number of hydrogen-bond acceptors (Lipinski definition) is 8. The maximum absolute atomic E-state index is 10.6. The first-order chi connectivity index (χ1) is 14.3. The van der Waals surface area contributed by atoms with Crippen molar-refractivity contribution >= 4 is 11.3 Å². The van der Waals surface area contributed by atoms with Crippen molar-refractivity contribution in [2.24, 2.45) is 0 Å². The molecule has 30 heavy (non-hydrogen) atoms. The molecule has 1 aromatic carbocycles. The molecule has 9 heteroatoms. The van der Waals surface area contributed by atoms with E-state index in [4.69, 9.17) is 4.74 Å². The summed E-state index contributed by atoms with van der Waals surface area (Å²) < 4.78 is 8.02. The van der Waals surface area contributed by atoms with Crippen molar-refractivity contribution in [2.45, 2.75) is 56.4 Å². The number of fused-ring (bicyclic) bond motifs is 2. The number of ether oxygens (including phenoxy) is 1. The molecule has 0 spiro atoms. The van der Waals surface area contributed by atoms with Crippen molar-refractivity contribution in [1.29, 1.82) is 0 Å². The molecule has 2 aliphatic rings.